The van der Waals surface area contributed by atoms with Crippen LogP contribution in [0.3, 0.4) is 0 Å². The molecule has 3 N–H and O–H groups in total. The van der Waals surface area contributed by atoms with Crippen molar-refractivity contribution in [3.8, 4) is 0 Å². The summed E-state index contributed by atoms with van der Waals surface area (Å²) in [4.78, 5) is 20.5. The summed E-state index contributed by atoms with van der Waals surface area (Å²) in [6.07, 6.45) is 0.219. The fourth-order valence-electron chi connectivity index (χ4n) is 0.475. The van der Waals surface area contributed by atoms with Gasteiger partial charge < -0.3 is 5.73 Å². The van der Waals surface area contributed by atoms with Crippen molar-refractivity contribution in [2.75, 3.05) is 5.73 Å². The fraction of sp³-hybridized carbons (Fsp3) is 0. The summed E-state index contributed by atoms with van der Waals surface area (Å²) in [5.74, 6) is -0.886. The molecule has 0 aliphatic rings. The maximum absolute atomic E-state index is 10.7. The average molecular weight is 156 g/mol. The zero-order chi connectivity index (χ0) is 8.27. The van der Waals surface area contributed by atoms with Gasteiger partial charge in [-0.15, -0.1) is 0 Å². The van der Waals surface area contributed by atoms with Gasteiger partial charge in [0.05, 0.1) is 0 Å². The van der Waals surface area contributed by atoms with Crippen LogP contribution in [0, 0.1) is 0 Å². The number of nitrogens with one attached hydrogen (secondary N) is 1. The largest absolute Gasteiger partial charge is 0.379 e. The van der Waals surface area contributed by atoms with Gasteiger partial charge in [-0.1, -0.05) is 0 Å². The van der Waals surface area contributed by atoms with Crippen LogP contribution in [0.15, 0.2) is 4.63 Å². The van der Waals surface area contributed by atoms with Crippen LogP contribution < -0.4 is 11.1 Å². The third-order valence-electron chi connectivity index (χ3n) is 0.919. The summed E-state index contributed by atoms with van der Waals surface area (Å²) in [6.45, 7) is 0. The van der Waals surface area contributed by atoms with Crippen molar-refractivity contribution in [2.24, 2.45) is 0 Å². The van der Waals surface area contributed by atoms with E-state index in [0.29, 0.717) is 0 Å². The highest BCUT2D eigenvalue weighted by molar-refractivity contribution is 6.01. The van der Waals surface area contributed by atoms with E-state index >= 15 is 0 Å². The standard InChI is InChI=1S/C4H4N4O3/c5-3-2(7-11-8-3)4(10)6-1-9/h1H,(H2,5,8)(H,6,9,10). The molecular weight excluding hydrogens is 152 g/mol. The van der Waals surface area contributed by atoms with E-state index < -0.39 is 5.91 Å². The Hall–Kier alpha value is -1.92. The molecule has 0 aliphatic heterocycles. The maximum Gasteiger partial charge on any atom is 0.283 e. The summed E-state index contributed by atoms with van der Waals surface area (Å²) >= 11 is 0. The lowest BCUT2D eigenvalue weighted by Crippen LogP contribution is -2.22. The number of nitrogens with zero attached hydrogens (tertiary/aromatic N) is 2. The lowest BCUT2D eigenvalue weighted by atomic mass is 10.4. The second-order valence-electron chi connectivity index (χ2n) is 1.59. The average Bonchev–Trinajstić information content (AvgIpc) is 2.36. The lowest BCUT2D eigenvalue weighted by molar-refractivity contribution is -0.108. The summed E-state index contributed by atoms with van der Waals surface area (Å²) in [6, 6.07) is 0. The molecule has 1 aromatic rings. The molecule has 0 spiro atoms. The van der Waals surface area contributed by atoms with E-state index in [0.717, 1.165) is 0 Å². The zero-order valence-electron chi connectivity index (χ0n) is 5.27. The van der Waals surface area contributed by atoms with Crippen LogP contribution in [0.1, 0.15) is 10.5 Å². The van der Waals surface area contributed by atoms with Gasteiger partial charge in [-0.3, -0.25) is 14.9 Å². The minimum atomic E-state index is -0.737. The normalized spacial score (nSPS) is 9.09. The first-order chi connectivity index (χ1) is 5.25. The predicted octanol–water partition coefficient (Wildman–Crippen LogP) is -1.46. The van der Waals surface area contributed by atoms with E-state index in [1.807, 2.05) is 5.32 Å². The minimum Gasteiger partial charge on any atom is -0.379 e. The second kappa shape index (κ2) is 2.78. The van der Waals surface area contributed by atoms with Gasteiger partial charge in [-0.2, -0.15) is 0 Å². The number of anilines is 1. The fourth-order valence-corrected chi connectivity index (χ4v) is 0.475. The van der Waals surface area contributed by atoms with Crippen molar-refractivity contribution in [3.63, 3.8) is 0 Å². The van der Waals surface area contributed by atoms with Gasteiger partial charge in [0, 0.05) is 0 Å². The molecule has 0 atom stereocenters. The molecule has 0 fully saturated rings. The van der Waals surface area contributed by atoms with Crippen molar-refractivity contribution >= 4 is 18.1 Å². The minimum absolute atomic E-state index is 0.149. The summed E-state index contributed by atoms with van der Waals surface area (Å²) < 4.78 is 4.11. The first-order valence-corrected chi connectivity index (χ1v) is 2.58. The summed E-state index contributed by atoms with van der Waals surface area (Å²) in [7, 11) is 0. The van der Waals surface area contributed by atoms with E-state index in [1.54, 1.807) is 0 Å². The number of nitrogen functional groups attached to an aromatic ring is 1. The number of nitrogens with two attached hydrogens (primary N) is 1. The van der Waals surface area contributed by atoms with Crippen LogP contribution in [0.5, 0.6) is 0 Å². The molecule has 0 unspecified atom stereocenters. The van der Waals surface area contributed by atoms with Crippen LogP contribution in [-0.4, -0.2) is 22.6 Å². The molecule has 0 aromatic carbocycles. The molecule has 7 heteroatoms. The van der Waals surface area contributed by atoms with Crippen molar-refractivity contribution in [1.82, 2.24) is 15.6 Å². The van der Waals surface area contributed by atoms with Crippen LogP contribution in [0.2, 0.25) is 0 Å². The molecule has 58 valence electrons. The predicted molar refractivity (Wildman–Crippen MR) is 32.2 cm³/mol. The van der Waals surface area contributed by atoms with Gasteiger partial charge in [0.1, 0.15) is 0 Å². The molecule has 1 rings (SSSR count). The van der Waals surface area contributed by atoms with E-state index in [-0.39, 0.29) is 17.9 Å². The Balaban J connectivity index is 2.83. The van der Waals surface area contributed by atoms with Gasteiger partial charge in [-0.25, -0.2) is 4.63 Å². The summed E-state index contributed by atoms with van der Waals surface area (Å²) in [5, 5.41) is 8.11. The van der Waals surface area contributed by atoms with Crippen LogP contribution in [-0.2, 0) is 4.79 Å². The Kier molecular flexibility index (Phi) is 1.81. The first kappa shape index (κ1) is 7.19. The summed E-state index contributed by atoms with van der Waals surface area (Å²) in [5.41, 5.74) is 4.93. The monoisotopic (exact) mass is 156 g/mol. The number of hydrogen-bond donors (Lipinski definition) is 2. The first-order valence-electron chi connectivity index (χ1n) is 2.58. The molecule has 0 aliphatic carbocycles. The molecule has 11 heavy (non-hydrogen) atoms. The van der Waals surface area contributed by atoms with Gasteiger partial charge in [0.25, 0.3) is 5.91 Å². The number of hydrogen-bond acceptors (Lipinski definition) is 6. The highest BCUT2D eigenvalue weighted by Gasteiger charge is 2.14. The van der Waals surface area contributed by atoms with E-state index in [9.17, 15) is 9.59 Å². The van der Waals surface area contributed by atoms with Gasteiger partial charge in [-0.05, 0) is 10.3 Å². The number of aromatic nitrogens is 2. The Labute approximate surface area is 60.5 Å². The molecule has 0 bridgehead atoms. The second-order valence-corrected chi connectivity index (χ2v) is 1.59. The van der Waals surface area contributed by atoms with Gasteiger partial charge in [0.2, 0.25) is 17.9 Å². The number of carbonyl (C=O) groups is 2. The van der Waals surface area contributed by atoms with Gasteiger partial charge in [0.15, 0.2) is 0 Å². The molecule has 0 saturated heterocycles. The number of amides is 2. The van der Waals surface area contributed by atoms with E-state index in [4.69, 9.17) is 5.73 Å². The molecule has 2 amide bonds. The SMILES string of the molecule is Nc1nonc1C(=O)NC=O. The number of rotatable bonds is 2. The quantitative estimate of drug-likeness (QED) is 0.506. The molecular formula is C4H4N4O3. The molecule has 7 nitrogen and oxygen atoms in total. The van der Waals surface area contributed by atoms with Crippen LogP contribution in [0.4, 0.5) is 5.82 Å². The smallest absolute Gasteiger partial charge is 0.283 e. The van der Waals surface area contributed by atoms with Gasteiger partial charge >= 0.3 is 0 Å². The Bertz CT molecular complexity index is 281. The third kappa shape index (κ3) is 1.31. The lowest BCUT2D eigenvalue weighted by Gasteiger charge is -1.89. The highest BCUT2D eigenvalue weighted by Crippen LogP contribution is 2.01. The van der Waals surface area contributed by atoms with E-state index in [1.165, 1.54) is 0 Å². The zero-order valence-corrected chi connectivity index (χ0v) is 5.27. The van der Waals surface area contributed by atoms with Crippen LogP contribution >= 0.6 is 0 Å². The third-order valence-corrected chi connectivity index (χ3v) is 0.919. The Morgan fingerprint density at radius 1 is 1.64 bits per heavy atom. The molecule has 0 saturated carbocycles. The molecule has 1 heterocycles. The van der Waals surface area contributed by atoms with Crippen LogP contribution in [0.25, 0.3) is 0 Å². The topological polar surface area (TPSA) is 111 Å². The van der Waals surface area contributed by atoms with Crippen molar-refractivity contribution in [3.05, 3.63) is 5.69 Å². The van der Waals surface area contributed by atoms with Crippen molar-refractivity contribution < 1.29 is 14.2 Å². The molecule has 0 radical (unpaired) electrons. The number of carbonyl (C=O) groups excluding carboxylic acids is 2. The highest BCUT2D eigenvalue weighted by atomic mass is 16.6. The van der Waals surface area contributed by atoms with Crippen molar-refractivity contribution in [1.29, 1.82) is 0 Å². The Morgan fingerprint density at radius 3 is 2.82 bits per heavy atom. The van der Waals surface area contributed by atoms with Crippen molar-refractivity contribution in [2.45, 2.75) is 0 Å². The Morgan fingerprint density at radius 2 is 2.36 bits per heavy atom. The molecule has 1 aromatic heterocycles. The van der Waals surface area contributed by atoms with E-state index in [2.05, 4.69) is 14.9 Å². The maximum atomic E-state index is 10.7. The number of imide groups is 1.